The average Bonchev–Trinajstić information content (AvgIpc) is 3.29. The van der Waals surface area contributed by atoms with Gasteiger partial charge in [-0.15, -0.1) is 0 Å². The summed E-state index contributed by atoms with van der Waals surface area (Å²) >= 11 is 0. The van der Waals surface area contributed by atoms with Gasteiger partial charge < -0.3 is 14.9 Å². The van der Waals surface area contributed by atoms with E-state index in [9.17, 15) is 9.50 Å². The molecule has 0 aliphatic carbocycles. The predicted molar refractivity (Wildman–Crippen MR) is 91.3 cm³/mol. The summed E-state index contributed by atoms with van der Waals surface area (Å²) in [5, 5.41) is 16.6. The van der Waals surface area contributed by atoms with Crippen molar-refractivity contribution in [2.45, 2.75) is 18.6 Å². The summed E-state index contributed by atoms with van der Waals surface area (Å²) in [6.45, 7) is 0.513. The van der Waals surface area contributed by atoms with Gasteiger partial charge in [-0.2, -0.15) is 4.98 Å². The van der Waals surface area contributed by atoms with Gasteiger partial charge in [0.15, 0.2) is 0 Å². The third kappa shape index (κ3) is 3.61. The van der Waals surface area contributed by atoms with Crippen molar-refractivity contribution >= 4 is 0 Å². The molecule has 0 spiro atoms. The van der Waals surface area contributed by atoms with E-state index in [0.29, 0.717) is 41.5 Å². The van der Waals surface area contributed by atoms with Crippen LogP contribution >= 0.6 is 0 Å². The molecule has 3 heterocycles. The maximum Gasteiger partial charge on any atom is 0.244 e. The number of pyridine rings is 1. The Hall–Kier alpha value is -3.08. The first-order valence-corrected chi connectivity index (χ1v) is 8.16. The molecule has 6 nitrogen and oxygen atoms in total. The van der Waals surface area contributed by atoms with Gasteiger partial charge in [0.1, 0.15) is 11.5 Å². The van der Waals surface area contributed by atoms with E-state index >= 15 is 0 Å². The third-order valence-electron chi connectivity index (χ3n) is 4.02. The van der Waals surface area contributed by atoms with E-state index in [1.54, 1.807) is 30.5 Å². The molecule has 1 aromatic carbocycles. The monoisotopic (exact) mass is 350 g/mol. The second-order valence-corrected chi connectivity index (χ2v) is 6.00. The normalized spacial score (nSPS) is 19.2. The minimum atomic E-state index is -0.399. The van der Waals surface area contributed by atoms with Gasteiger partial charge in [-0.05, 0) is 36.8 Å². The van der Waals surface area contributed by atoms with E-state index in [4.69, 9.17) is 4.52 Å². The molecule has 1 aliphatic rings. The SMILES string of the molecule is O[C@H]1CN[C@H](c2nc(-c3ccc(C#Cc4cccc(F)c4)cn3)no2)C1. The molecule has 7 heteroatoms. The number of benzene rings is 1. The number of aliphatic hydroxyl groups is 1. The largest absolute Gasteiger partial charge is 0.392 e. The van der Waals surface area contributed by atoms with Crippen molar-refractivity contribution in [3.63, 3.8) is 0 Å². The zero-order chi connectivity index (χ0) is 17.9. The van der Waals surface area contributed by atoms with Crippen molar-refractivity contribution in [2.75, 3.05) is 6.54 Å². The first-order valence-electron chi connectivity index (χ1n) is 8.16. The fourth-order valence-electron chi connectivity index (χ4n) is 2.70. The molecule has 0 amide bonds. The Labute approximate surface area is 149 Å². The standard InChI is InChI=1S/C19H15FN4O2/c20-14-3-1-2-12(8-14)4-5-13-6-7-16(21-10-13)18-23-19(26-24-18)17-9-15(25)11-22-17/h1-3,6-8,10,15,17,22,25H,9,11H2/t15-,17+/m1/s1. The molecule has 2 aromatic heterocycles. The Balaban J connectivity index is 1.49. The van der Waals surface area contributed by atoms with Crippen LogP contribution in [0, 0.1) is 17.7 Å². The zero-order valence-electron chi connectivity index (χ0n) is 13.7. The molecule has 1 saturated heterocycles. The second kappa shape index (κ2) is 7.04. The number of halogens is 1. The molecule has 1 aliphatic heterocycles. The smallest absolute Gasteiger partial charge is 0.244 e. The van der Waals surface area contributed by atoms with Crippen LogP contribution in [-0.4, -0.2) is 32.9 Å². The Kier molecular flexibility index (Phi) is 4.44. The van der Waals surface area contributed by atoms with Crippen molar-refractivity contribution in [1.29, 1.82) is 0 Å². The van der Waals surface area contributed by atoms with Crippen LogP contribution < -0.4 is 5.32 Å². The maximum atomic E-state index is 13.1. The van der Waals surface area contributed by atoms with Crippen molar-refractivity contribution in [3.05, 3.63) is 65.4 Å². The fourth-order valence-corrected chi connectivity index (χ4v) is 2.70. The summed E-state index contributed by atoms with van der Waals surface area (Å²) in [4.78, 5) is 8.64. The molecule has 0 saturated carbocycles. The lowest BCUT2D eigenvalue weighted by Crippen LogP contribution is -2.15. The van der Waals surface area contributed by atoms with E-state index in [2.05, 4.69) is 32.3 Å². The highest BCUT2D eigenvalue weighted by Crippen LogP contribution is 2.23. The van der Waals surface area contributed by atoms with Crippen LogP contribution in [0.25, 0.3) is 11.5 Å². The lowest BCUT2D eigenvalue weighted by molar-refractivity contribution is 0.191. The van der Waals surface area contributed by atoms with Gasteiger partial charge in [-0.25, -0.2) is 4.39 Å². The summed E-state index contributed by atoms with van der Waals surface area (Å²) in [5.41, 5.74) is 1.86. The molecule has 26 heavy (non-hydrogen) atoms. The number of hydrogen-bond donors (Lipinski definition) is 2. The fraction of sp³-hybridized carbons (Fsp3) is 0.211. The number of hydrogen-bond acceptors (Lipinski definition) is 6. The zero-order valence-corrected chi connectivity index (χ0v) is 13.7. The first-order chi connectivity index (χ1) is 12.7. The second-order valence-electron chi connectivity index (χ2n) is 6.00. The highest BCUT2D eigenvalue weighted by molar-refractivity contribution is 5.51. The van der Waals surface area contributed by atoms with E-state index in [-0.39, 0.29) is 11.9 Å². The average molecular weight is 350 g/mol. The quantitative estimate of drug-likeness (QED) is 0.689. The van der Waals surface area contributed by atoms with Gasteiger partial charge in [0, 0.05) is 23.9 Å². The highest BCUT2D eigenvalue weighted by atomic mass is 19.1. The Morgan fingerprint density at radius 3 is 2.81 bits per heavy atom. The van der Waals surface area contributed by atoms with Crippen molar-refractivity contribution < 1.29 is 14.0 Å². The van der Waals surface area contributed by atoms with Crippen LogP contribution in [0.15, 0.2) is 47.1 Å². The Morgan fingerprint density at radius 2 is 2.08 bits per heavy atom. The Bertz CT molecular complexity index is 975. The van der Waals surface area contributed by atoms with E-state index in [1.807, 2.05) is 0 Å². The summed E-state index contributed by atoms with van der Waals surface area (Å²) in [5.74, 6) is 6.34. The molecule has 0 radical (unpaired) electrons. The molecule has 130 valence electrons. The molecule has 0 bridgehead atoms. The minimum Gasteiger partial charge on any atom is -0.392 e. The molecule has 3 aromatic rings. The molecule has 4 rings (SSSR count). The molecule has 1 fully saturated rings. The van der Waals surface area contributed by atoms with Crippen LogP contribution in [0.1, 0.15) is 29.5 Å². The molecular formula is C19H15FN4O2. The lowest BCUT2D eigenvalue weighted by atomic mass is 10.2. The topological polar surface area (TPSA) is 84.1 Å². The maximum absolute atomic E-state index is 13.1. The minimum absolute atomic E-state index is 0.136. The number of aromatic nitrogens is 3. The van der Waals surface area contributed by atoms with Crippen LogP contribution in [-0.2, 0) is 0 Å². The van der Waals surface area contributed by atoms with E-state index < -0.39 is 6.10 Å². The molecular weight excluding hydrogens is 335 g/mol. The van der Waals surface area contributed by atoms with E-state index in [1.165, 1.54) is 12.1 Å². The summed E-state index contributed by atoms with van der Waals surface area (Å²) in [6, 6.07) is 9.53. The van der Waals surface area contributed by atoms with Crippen molar-refractivity contribution in [2.24, 2.45) is 0 Å². The van der Waals surface area contributed by atoms with Gasteiger partial charge in [0.05, 0.1) is 12.1 Å². The lowest BCUT2D eigenvalue weighted by Gasteiger charge is -2.01. The van der Waals surface area contributed by atoms with Gasteiger partial charge >= 0.3 is 0 Å². The predicted octanol–water partition coefficient (Wildman–Crippen LogP) is 2.07. The van der Waals surface area contributed by atoms with Gasteiger partial charge in [0.25, 0.3) is 0 Å². The van der Waals surface area contributed by atoms with Gasteiger partial charge in [-0.3, -0.25) is 4.98 Å². The number of nitrogens with one attached hydrogen (secondary N) is 1. The van der Waals surface area contributed by atoms with Crippen LogP contribution in [0.5, 0.6) is 0 Å². The van der Waals surface area contributed by atoms with Crippen molar-refractivity contribution in [1.82, 2.24) is 20.4 Å². The number of nitrogens with zero attached hydrogens (tertiary/aromatic N) is 3. The number of β-amino-alcohol motifs (C(OH)–C–C–N with tert-alkyl or cyclic N) is 1. The van der Waals surface area contributed by atoms with E-state index in [0.717, 1.165) is 0 Å². The van der Waals surface area contributed by atoms with Crippen LogP contribution in [0.2, 0.25) is 0 Å². The third-order valence-corrected chi connectivity index (χ3v) is 4.02. The van der Waals surface area contributed by atoms with Gasteiger partial charge in [0.2, 0.25) is 11.7 Å². The van der Waals surface area contributed by atoms with Gasteiger partial charge in [-0.1, -0.05) is 23.1 Å². The van der Waals surface area contributed by atoms with Crippen LogP contribution in [0.3, 0.4) is 0 Å². The van der Waals surface area contributed by atoms with Crippen LogP contribution in [0.4, 0.5) is 4.39 Å². The molecule has 0 unspecified atom stereocenters. The first kappa shape index (κ1) is 16.4. The number of rotatable bonds is 2. The summed E-state index contributed by atoms with van der Waals surface area (Å²) < 4.78 is 18.4. The molecule has 2 atom stereocenters. The summed E-state index contributed by atoms with van der Waals surface area (Å²) in [7, 11) is 0. The summed E-state index contributed by atoms with van der Waals surface area (Å²) in [6.07, 6.45) is 1.75. The number of aliphatic hydroxyl groups excluding tert-OH is 1. The highest BCUT2D eigenvalue weighted by Gasteiger charge is 2.28. The molecule has 2 N–H and O–H groups in total. The Morgan fingerprint density at radius 1 is 1.19 bits per heavy atom. The van der Waals surface area contributed by atoms with Crippen molar-refractivity contribution in [3.8, 4) is 23.4 Å².